The van der Waals surface area contributed by atoms with Crippen molar-refractivity contribution in [3.8, 4) is 0 Å². The second-order valence-electron chi connectivity index (χ2n) is 5.16. The number of benzene rings is 1. The van der Waals surface area contributed by atoms with Crippen LogP contribution in [-0.2, 0) is 11.3 Å². The number of carbonyl (C=O) groups is 1. The predicted octanol–water partition coefficient (Wildman–Crippen LogP) is 1.52. The molecule has 21 heavy (non-hydrogen) atoms. The summed E-state index contributed by atoms with van der Waals surface area (Å²) in [4.78, 5) is 12.0. The molecule has 1 amide bonds. The van der Waals surface area contributed by atoms with Crippen LogP contribution >= 0.6 is 0 Å². The van der Waals surface area contributed by atoms with E-state index in [4.69, 9.17) is 0 Å². The Hall–Kier alpha value is -2.21. The minimum absolute atomic E-state index is 0.0709. The van der Waals surface area contributed by atoms with E-state index in [1.54, 1.807) is 13.1 Å². The van der Waals surface area contributed by atoms with Crippen molar-refractivity contribution in [3.63, 3.8) is 0 Å². The van der Waals surface area contributed by atoms with Gasteiger partial charge in [-0.3, -0.25) is 4.79 Å². The van der Waals surface area contributed by atoms with Crippen molar-refractivity contribution in [2.75, 3.05) is 0 Å². The molecule has 6 nitrogen and oxygen atoms in total. The number of carbonyl (C=O) groups excluding carboxylic acids is 1. The van der Waals surface area contributed by atoms with Crippen molar-refractivity contribution in [1.82, 2.24) is 20.3 Å². The number of rotatable bonds is 5. The SMILES string of the molecule is Cc1ccccc1C(C)NC(=O)Cn1cc(C(C)O)nn1. The van der Waals surface area contributed by atoms with E-state index in [1.165, 1.54) is 4.68 Å². The van der Waals surface area contributed by atoms with Gasteiger partial charge in [-0.05, 0) is 31.9 Å². The van der Waals surface area contributed by atoms with Crippen LogP contribution in [0.15, 0.2) is 30.5 Å². The number of aliphatic hydroxyl groups excluding tert-OH is 1. The largest absolute Gasteiger partial charge is 0.387 e. The van der Waals surface area contributed by atoms with Gasteiger partial charge in [-0.25, -0.2) is 4.68 Å². The highest BCUT2D eigenvalue weighted by atomic mass is 16.3. The molecule has 2 aromatic rings. The Bertz CT molecular complexity index is 622. The van der Waals surface area contributed by atoms with E-state index in [9.17, 15) is 9.90 Å². The Balaban J connectivity index is 1.96. The number of amides is 1. The summed E-state index contributed by atoms with van der Waals surface area (Å²) in [5.74, 6) is -0.146. The maximum atomic E-state index is 12.0. The van der Waals surface area contributed by atoms with Crippen molar-refractivity contribution in [2.24, 2.45) is 0 Å². The Kier molecular flexibility index (Phi) is 4.70. The Morgan fingerprint density at radius 1 is 1.38 bits per heavy atom. The molecule has 1 heterocycles. The van der Waals surface area contributed by atoms with E-state index in [2.05, 4.69) is 15.6 Å². The number of hydrogen-bond acceptors (Lipinski definition) is 4. The van der Waals surface area contributed by atoms with Gasteiger partial charge < -0.3 is 10.4 Å². The molecule has 0 radical (unpaired) electrons. The molecule has 0 aliphatic heterocycles. The summed E-state index contributed by atoms with van der Waals surface area (Å²) in [6, 6.07) is 7.88. The van der Waals surface area contributed by atoms with Crippen LogP contribution in [0.4, 0.5) is 0 Å². The van der Waals surface area contributed by atoms with Gasteiger partial charge in [-0.2, -0.15) is 0 Å². The third-order valence-corrected chi connectivity index (χ3v) is 3.32. The number of aromatic nitrogens is 3. The molecule has 2 unspecified atom stereocenters. The third kappa shape index (κ3) is 3.88. The molecule has 2 rings (SSSR count). The molecule has 0 saturated carbocycles. The van der Waals surface area contributed by atoms with Crippen molar-refractivity contribution in [1.29, 1.82) is 0 Å². The van der Waals surface area contributed by atoms with Crippen molar-refractivity contribution in [3.05, 3.63) is 47.3 Å². The molecule has 0 spiro atoms. The van der Waals surface area contributed by atoms with E-state index >= 15 is 0 Å². The lowest BCUT2D eigenvalue weighted by Crippen LogP contribution is -2.30. The fourth-order valence-electron chi connectivity index (χ4n) is 2.17. The minimum Gasteiger partial charge on any atom is -0.387 e. The Morgan fingerprint density at radius 3 is 2.71 bits per heavy atom. The third-order valence-electron chi connectivity index (χ3n) is 3.32. The van der Waals surface area contributed by atoms with Gasteiger partial charge in [0.25, 0.3) is 0 Å². The normalized spacial score (nSPS) is 13.7. The maximum Gasteiger partial charge on any atom is 0.242 e. The van der Waals surface area contributed by atoms with Crippen LogP contribution in [0.1, 0.15) is 42.8 Å². The van der Waals surface area contributed by atoms with Crippen LogP contribution < -0.4 is 5.32 Å². The monoisotopic (exact) mass is 288 g/mol. The topological polar surface area (TPSA) is 80.0 Å². The molecule has 0 saturated heterocycles. The molecule has 1 aromatic heterocycles. The number of hydrogen-bond donors (Lipinski definition) is 2. The van der Waals surface area contributed by atoms with E-state index in [0.29, 0.717) is 5.69 Å². The fraction of sp³-hybridized carbons (Fsp3) is 0.400. The molecule has 2 N–H and O–H groups in total. The first kappa shape index (κ1) is 15.2. The molecule has 0 aliphatic rings. The summed E-state index contributed by atoms with van der Waals surface area (Å²) >= 11 is 0. The van der Waals surface area contributed by atoms with Crippen LogP contribution in [0.25, 0.3) is 0 Å². The molecule has 0 bridgehead atoms. The van der Waals surface area contributed by atoms with Crippen molar-refractivity contribution in [2.45, 2.75) is 39.5 Å². The number of aliphatic hydroxyl groups is 1. The van der Waals surface area contributed by atoms with E-state index in [0.717, 1.165) is 11.1 Å². The van der Waals surface area contributed by atoms with Gasteiger partial charge in [0, 0.05) is 0 Å². The number of aryl methyl sites for hydroxylation is 1. The molecule has 1 aromatic carbocycles. The van der Waals surface area contributed by atoms with Crippen LogP contribution in [0.2, 0.25) is 0 Å². The molecule has 2 atom stereocenters. The summed E-state index contributed by atoms with van der Waals surface area (Å²) in [5.41, 5.74) is 2.69. The highest BCUT2D eigenvalue weighted by molar-refractivity contribution is 5.76. The van der Waals surface area contributed by atoms with Gasteiger partial charge in [0.2, 0.25) is 5.91 Å². The smallest absolute Gasteiger partial charge is 0.242 e. The fourth-order valence-corrected chi connectivity index (χ4v) is 2.17. The summed E-state index contributed by atoms with van der Waals surface area (Å²) in [5, 5.41) is 19.9. The van der Waals surface area contributed by atoms with Crippen LogP contribution in [-0.4, -0.2) is 26.0 Å². The summed E-state index contributed by atoms with van der Waals surface area (Å²) in [7, 11) is 0. The van der Waals surface area contributed by atoms with E-state index in [-0.39, 0.29) is 18.5 Å². The first-order valence-electron chi connectivity index (χ1n) is 6.90. The van der Waals surface area contributed by atoms with Crippen molar-refractivity contribution < 1.29 is 9.90 Å². The lowest BCUT2D eigenvalue weighted by atomic mass is 10.0. The molecule has 112 valence electrons. The lowest BCUT2D eigenvalue weighted by Gasteiger charge is -2.16. The Labute approximate surface area is 123 Å². The van der Waals surface area contributed by atoms with Crippen LogP contribution in [0.3, 0.4) is 0 Å². The minimum atomic E-state index is -0.687. The lowest BCUT2D eigenvalue weighted by molar-refractivity contribution is -0.122. The summed E-state index contributed by atoms with van der Waals surface area (Å²) in [6.07, 6.45) is 0.885. The second-order valence-corrected chi connectivity index (χ2v) is 5.16. The number of nitrogens with zero attached hydrogens (tertiary/aromatic N) is 3. The number of nitrogens with one attached hydrogen (secondary N) is 1. The van der Waals surface area contributed by atoms with E-state index in [1.807, 2.05) is 38.1 Å². The zero-order valence-corrected chi connectivity index (χ0v) is 12.4. The highest BCUT2D eigenvalue weighted by Crippen LogP contribution is 2.16. The first-order valence-corrected chi connectivity index (χ1v) is 6.90. The van der Waals surface area contributed by atoms with Crippen LogP contribution in [0, 0.1) is 6.92 Å². The average molecular weight is 288 g/mol. The molecular weight excluding hydrogens is 268 g/mol. The molecule has 0 aliphatic carbocycles. The maximum absolute atomic E-state index is 12.0. The van der Waals surface area contributed by atoms with Gasteiger partial charge >= 0.3 is 0 Å². The Morgan fingerprint density at radius 2 is 2.10 bits per heavy atom. The van der Waals surface area contributed by atoms with Gasteiger partial charge in [-0.1, -0.05) is 29.5 Å². The van der Waals surface area contributed by atoms with E-state index < -0.39 is 6.10 Å². The predicted molar refractivity (Wildman–Crippen MR) is 78.4 cm³/mol. The first-order chi connectivity index (χ1) is 9.97. The standard InChI is InChI=1S/C15H20N4O2/c1-10-6-4-5-7-13(10)11(2)16-15(21)9-19-8-14(12(3)20)17-18-19/h4-8,11-12,20H,9H2,1-3H3,(H,16,21). The van der Waals surface area contributed by atoms with Crippen LogP contribution in [0.5, 0.6) is 0 Å². The second kappa shape index (κ2) is 6.49. The molecule has 0 fully saturated rings. The van der Waals surface area contributed by atoms with Gasteiger partial charge in [0.1, 0.15) is 12.2 Å². The zero-order valence-electron chi connectivity index (χ0n) is 12.4. The van der Waals surface area contributed by atoms with Crippen molar-refractivity contribution >= 4 is 5.91 Å². The zero-order chi connectivity index (χ0) is 15.4. The summed E-state index contributed by atoms with van der Waals surface area (Å²) < 4.78 is 1.42. The van der Waals surface area contributed by atoms with Gasteiger partial charge in [0.15, 0.2) is 0 Å². The molecule has 6 heteroatoms. The average Bonchev–Trinajstić information content (AvgIpc) is 2.87. The summed E-state index contributed by atoms with van der Waals surface area (Å²) in [6.45, 7) is 5.65. The van der Waals surface area contributed by atoms with Gasteiger partial charge in [-0.15, -0.1) is 5.10 Å². The quantitative estimate of drug-likeness (QED) is 0.874. The van der Waals surface area contributed by atoms with Gasteiger partial charge in [0.05, 0.1) is 18.3 Å². The molecular formula is C15H20N4O2. The highest BCUT2D eigenvalue weighted by Gasteiger charge is 2.13.